The van der Waals surface area contributed by atoms with Gasteiger partial charge in [-0.25, -0.2) is 0 Å². The smallest absolute Gasteiger partial charge is 0.226 e. The van der Waals surface area contributed by atoms with Crippen LogP contribution in [-0.2, 0) is 17.8 Å². The van der Waals surface area contributed by atoms with E-state index in [1.54, 1.807) is 0 Å². The number of piperidine rings is 1. The van der Waals surface area contributed by atoms with Gasteiger partial charge in [0.05, 0.1) is 5.41 Å². The maximum atomic E-state index is 12.9. The molecule has 2 aromatic rings. The number of fused-ring (bicyclic) bond motifs is 1. The highest BCUT2D eigenvalue weighted by Gasteiger charge is 2.42. The summed E-state index contributed by atoms with van der Waals surface area (Å²) in [5.74, 6) is 0.245. The lowest BCUT2D eigenvalue weighted by molar-refractivity contribution is -0.133. The van der Waals surface area contributed by atoms with Crippen LogP contribution in [-0.4, -0.2) is 30.4 Å². The molecule has 2 aromatic carbocycles. The molecule has 1 N–H and O–H groups in total. The second-order valence-electron chi connectivity index (χ2n) is 8.09. The van der Waals surface area contributed by atoms with E-state index in [-0.39, 0.29) is 11.3 Å². The quantitative estimate of drug-likeness (QED) is 0.896. The summed E-state index contributed by atoms with van der Waals surface area (Å²) in [6.07, 6.45) is 5.01. The number of rotatable bonds is 3. The van der Waals surface area contributed by atoms with Crippen molar-refractivity contribution in [3.63, 3.8) is 0 Å². The zero-order valence-electron chi connectivity index (χ0n) is 16.1. The van der Waals surface area contributed by atoms with Crippen LogP contribution < -0.4 is 5.32 Å². The molecule has 2 heterocycles. The van der Waals surface area contributed by atoms with Gasteiger partial charge >= 0.3 is 0 Å². The zero-order chi connectivity index (χ0) is 18.7. The summed E-state index contributed by atoms with van der Waals surface area (Å²) >= 11 is 0. The van der Waals surface area contributed by atoms with Gasteiger partial charge in [0.25, 0.3) is 0 Å². The van der Waals surface area contributed by atoms with Gasteiger partial charge in [0.2, 0.25) is 5.91 Å². The minimum Gasteiger partial charge on any atom is -0.352 e. The third-order valence-electron chi connectivity index (χ3n) is 6.07. The molecule has 140 valence electrons. The molecule has 0 bridgehead atoms. The van der Waals surface area contributed by atoms with Crippen molar-refractivity contribution in [2.75, 3.05) is 19.6 Å². The van der Waals surface area contributed by atoms with Crippen LogP contribution in [0.15, 0.2) is 60.2 Å². The maximum absolute atomic E-state index is 12.9. The third-order valence-corrected chi connectivity index (χ3v) is 6.07. The summed E-state index contributed by atoms with van der Waals surface area (Å²) in [6.45, 7) is 5.81. The Labute approximate surface area is 162 Å². The molecule has 0 atom stereocenters. The first-order chi connectivity index (χ1) is 13.1. The van der Waals surface area contributed by atoms with Crippen molar-refractivity contribution in [2.24, 2.45) is 5.41 Å². The molecule has 0 radical (unpaired) electrons. The highest BCUT2D eigenvalue weighted by Crippen LogP contribution is 2.38. The number of carbonyl (C=O) groups excluding carboxylic acids is 1. The first kappa shape index (κ1) is 18.0. The molecule has 1 saturated heterocycles. The number of nitrogens with one attached hydrogen (secondary N) is 1. The fraction of sp³-hybridized carbons (Fsp3) is 0.375. The maximum Gasteiger partial charge on any atom is 0.226 e. The molecule has 0 saturated carbocycles. The van der Waals surface area contributed by atoms with Crippen molar-refractivity contribution in [1.82, 2.24) is 10.2 Å². The first-order valence-electron chi connectivity index (χ1n) is 9.94. The Morgan fingerprint density at radius 1 is 1.04 bits per heavy atom. The Hall–Kier alpha value is -2.39. The molecule has 1 fully saturated rings. The minimum atomic E-state index is -0.236. The molecule has 27 heavy (non-hydrogen) atoms. The van der Waals surface area contributed by atoms with Crippen LogP contribution in [0, 0.1) is 5.41 Å². The molecule has 3 heteroatoms. The van der Waals surface area contributed by atoms with E-state index in [2.05, 4.69) is 71.7 Å². The number of nitrogens with zero attached hydrogens (tertiary/aromatic N) is 1. The summed E-state index contributed by atoms with van der Waals surface area (Å²) in [5.41, 5.74) is 4.99. The summed E-state index contributed by atoms with van der Waals surface area (Å²) in [6, 6.07) is 19.0. The van der Waals surface area contributed by atoms with Crippen molar-refractivity contribution in [2.45, 2.75) is 32.7 Å². The van der Waals surface area contributed by atoms with E-state index in [0.29, 0.717) is 6.54 Å². The fourth-order valence-corrected chi connectivity index (χ4v) is 4.49. The Bertz CT molecular complexity index is 832. The Kier molecular flexibility index (Phi) is 5.13. The Morgan fingerprint density at radius 3 is 2.44 bits per heavy atom. The van der Waals surface area contributed by atoms with E-state index in [1.807, 2.05) is 6.07 Å². The number of benzene rings is 2. The molecular weight excluding hydrogens is 332 g/mol. The van der Waals surface area contributed by atoms with E-state index in [1.165, 1.54) is 22.3 Å². The van der Waals surface area contributed by atoms with Gasteiger partial charge in [0.15, 0.2) is 0 Å². The van der Waals surface area contributed by atoms with Crippen molar-refractivity contribution < 1.29 is 4.79 Å². The van der Waals surface area contributed by atoms with Crippen LogP contribution >= 0.6 is 0 Å². The number of hydrogen-bond acceptors (Lipinski definition) is 2. The average molecular weight is 361 g/mol. The predicted octanol–water partition coefficient (Wildman–Crippen LogP) is 4.04. The van der Waals surface area contributed by atoms with Crippen molar-refractivity contribution >= 4 is 12.0 Å². The molecule has 0 unspecified atom stereocenters. The monoisotopic (exact) mass is 360 g/mol. The van der Waals surface area contributed by atoms with E-state index >= 15 is 0 Å². The Balaban J connectivity index is 1.42. The summed E-state index contributed by atoms with van der Waals surface area (Å²) in [4.78, 5) is 15.4. The van der Waals surface area contributed by atoms with Gasteiger partial charge in [0, 0.05) is 13.1 Å². The first-order valence-corrected chi connectivity index (χ1v) is 9.94. The lowest BCUT2D eigenvalue weighted by atomic mass is 9.73. The number of hydrogen-bond donors (Lipinski definition) is 1. The van der Waals surface area contributed by atoms with Gasteiger partial charge < -0.3 is 5.32 Å². The van der Waals surface area contributed by atoms with Crippen LogP contribution in [0.3, 0.4) is 0 Å². The average Bonchev–Trinajstić information content (AvgIpc) is 2.82. The van der Waals surface area contributed by atoms with Crippen LogP contribution in [0.1, 0.15) is 36.5 Å². The lowest BCUT2D eigenvalue weighted by Gasteiger charge is -2.40. The SMILES string of the molecule is C/C(=C\c1ccccc1)CN1CCC2(CC1)Cc1ccccc1CNC2=O. The van der Waals surface area contributed by atoms with E-state index in [9.17, 15) is 4.79 Å². The highest BCUT2D eigenvalue weighted by atomic mass is 16.2. The van der Waals surface area contributed by atoms with E-state index in [0.717, 1.165) is 38.9 Å². The third kappa shape index (κ3) is 3.98. The fourth-order valence-electron chi connectivity index (χ4n) is 4.49. The topological polar surface area (TPSA) is 32.3 Å². The van der Waals surface area contributed by atoms with Gasteiger partial charge in [-0.3, -0.25) is 9.69 Å². The second-order valence-corrected chi connectivity index (χ2v) is 8.09. The van der Waals surface area contributed by atoms with E-state index in [4.69, 9.17) is 0 Å². The molecule has 0 aliphatic carbocycles. The minimum absolute atomic E-state index is 0.236. The summed E-state index contributed by atoms with van der Waals surface area (Å²) in [5, 5.41) is 3.18. The predicted molar refractivity (Wildman–Crippen MR) is 110 cm³/mol. The molecule has 2 aliphatic rings. The Morgan fingerprint density at radius 2 is 1.70 bits per heavy atom. The zero-order valence-corrected chi connectivity index (χ0v) is 16.1. The lowest BCUT2D eigenvalue weighted by Crippen LogP contribution is -2.49. The second kappa shape index (κ2) is 7.69. The van der Waals surface area contributed by atoms with Gasteiger partial charge in [-0.15, -0.1) is 0 Å². The standard InChI is InChI=1S/C24H28N2O/c1-19(15-20-7-3-2-4-8-20)18-26-13-11-24(12-14-26)16-21-9-5-6-10-22(21)17-25-23(24)27/h2-10,15H,11-14,16-18H2,1H3,(H,25,27)/b19-15+. The van der Waals surface area contributed by atoms with Gasteiger partial charge in [-0.2, -0.15) is 0 Å². The van der Waals surface area contributed by atoms with Crippen molar-refractivity contribution in [1.29, 1.82) is 0 Å². The number of carbonyl (C=O) groups is 1. The number of amides is 1. The normalized spacial score (nSPS) is 20.0. The molecule has 4 rings (SSSR count). The molecule has 2 aliphatic heterocycles. The van der Waals surface area contributed by atoms with Gasteiger partial charge in [-0.1, -0.05) is 66.2 Å². The van der Waals surface area contributed by atoms with Crippen LogP contribution in [0.5, 0.6) is 0 Å². The van der Waals surface area contributed by atoms with Crippen LogP contribution in [0.4, 0.5) is 0 Å². The summed E-state index contributed by atoms with van der Waals surface area (Å²) in [7, 11) is 0. The van der Waals surface area contributed by atoms with E-state index < -0.39 is 0 Å². The summed E-state index contributed by atoms with van der Waals surface area (Å²) < 4.78 is 0. The van der Waals surface area contributed by atoms with Crippen molar-refractivity contribution in [3.05, 3.63) is 76.9 Å². The molecular formula is C24H28N2O. The van der Waals surface area contributed by atoms with Gasteiger partial charge in [0.1, 0.15) is 0 Å². The van der Waals surface area contributed by atoms with Crippen molar-refractivity contribution in [3.8, 4) is 0 Å². The van der Waals surface area contributed by atoms with Crippen LogP contribution in [0.25, 0.3) is 6.08 Å². The molecule has 0 aromatic heterocycles. The highest BCUT2D eigenvalue weighted by molar-refractivity contribution is 5.84. The van der Waals surface area contributed by atoms with Gasteiger partial charge in [-0.05, 0) is 56.0 Å². The largest absolute Gasteiger partial charge is 0.352 e. The number of likely N-dealkylation sites (tertiary alicyclic amines) is 1. The molecule has 1 spiro atoms. The molecule has 3 nitrogen and oxygen atoms in total. The van der Waals surface area contributed by atoms with Crippen LogP contribution in [0.2, 0.25) is 0 Å². The molecule has 1 amide bonds.